The minimum atomic E-state index is 0.283. The molecule has 0 spiro atoms. The Hall–Kier alpha value is -1.49. The van der Waals surface area contributed by atoms with Gasteiger partial charge in [0, 0.05) is 11.3 Å². The molecular formula is C18H22N2O2S. The predicted molar refractivity (Wildman–Crippen MR) is 91.3 cm³/mol. The lowest BCUT2D eigenvalue weighted by Gasteiger charge is -2.24. The van der Waals surface area contributed by atoms with E-state index in [2.05, 4.69) is 9.97 Å². The van der Waals surface area contributed by atoms with Crippen molar-refractivity contribution in [3.8, 4) is 5.88 Å². The highest BCUT2D eigenvalue weighted by molar-refractivity contribution is 7.18. The first-order chi connectivity index (χ1) is 11.4. The number of rotatable bonds is 4. The van der Waals surface area contributed by atoms with Gasteiger partial charge in [-0.1, -0.05) is 6.42 Å². The molecule has 2 aliphatic carbocycles. The van der Waals surface area contributed by atoms with Crippen LogP contribution in [0.3, 0.4) is 0 Å². The van der Waals surface area contributed by atoms with E-state index in [-0.39, 0.29) is 6.10 Å². The summed E-state index contributed by atoms with van der Waals surface area (Å²) in [5.41, 5.74) is 1.30. The Bertz CT molecular complexity index is 706. The first-order valence-corrected chi connectivity index (χ1v) is 9.55. The predicted octanol–water partition coefficient (Wildman–Crippen LogP) is 4.41. The van der Waals surface area contributed by atoms with Gasteiger partial charge in [0.1, 0.15) is 23.5 Å². The van der Waals surface area contributed by atoms with E-state index in [1.54, 1.807) is 17.7 Å². The summed E-state index contributed by atoms with van der Waals surface area (Å²) in [6.07, 6.45) is 12.9. The van der Waals surface area contributed by atoms with Gasteiger partial charge in [0.25, 0.3) is 0 Å². The molecule has 0 saturated heterocycles. The number of hydrogen-bond donors (Lipinski definition) is 0. The molecule has 122 valence electrons. The quantitative estimate of drug-likeness (QED) is 0.779. The Kier molecular flexibility index (Phi) is 4.29. The van der Waals surface area contributed by atoms with Crippen molar-refractivity contribution in [2.45, 2.75) is 69.8 Å². The number of carbonyl (C=O) groups excluding carboxylic acids is 1. The van der Waals surface area contributed by atoms with Gasteiger partial charge in [-0.15, -0.1) is 11.3 Å². The number of nitrogens with zero attached hydrogens (tertiary/aromatic N) is 2. The van der Waals surface area contributed by atoms with Gasteiger partial charge in [-0.2, -0.15) is 0 Å². The van der Waals surface area contributed by atoms with Crippen LogP contribution in [-0.2, 0) is 11.2 Å². The molecule has 5 heteroatoms. The number of aldehydes is 1. The highest BCUT2D eigenvalue weighted by Gasteiger charge is 2.28. The third kappa shape index (κ3) is 2.87. The lowest BCUT2D eigenvalue weighted by molar-refractivity contribution is -0.108. The van der Waals surface area contributed by atoms with E-state index in [0.717, 1.165) is 54.5 Å². The van der Waals surface area contributed by atoms with Gasteiger partial charge in [0.15, 0.2) is 0 Å². The van der Waals surface area contributed by atoms with Gasteiger partial charge >= 0.3 is 0 Å². The van der Waals surface area contributed by atoms with Crippen molar-refractivity contribution >= 4 is 27.8 Å². The van der Waals surface area contributed by atoms with E-state index < -0.39 is 0 Å². The number of ether oxygens (including phenoxy) is 1. The molecule has 0 aliphatic heterocycles. The van der Waals surface area contributed by atoms with Crippen LogP contribution in [0, 0.1) is 0 Å². The van der Waals surface area contributed by atoms with Crippen molar-refractivity contribution < 1.29 is 9.53 Å². The van der Waals surface area contributed by atoms with E-state index >= 15 is 0 Å². The molecule has 1 saturated carbocycles. The zero-order chi connectivity index (χ0) is 15.6. The molecule has 0 bridgehead atoms. The van der Waals surface area contributed by atoms with Crippen LogP contribution in [0.1, 0.15) is 67.7 Å². The molecule has 0 radical (unpaired) electrons. The Morgan fingerprint density at radius 2 is 2.04 bits per heavy atom. The van der Waals surface area contributed by atoms with Crippen molar-refractivity contribution in [1.29, 1.82) is 0 Å². The summed E-state index contributed by atoms with van der Waals surface area (Å²) in [6, 6.07) is 0. The zero-order valence-corrected chi connectivity index (χ0v) is 14.1. The summed E-state index contributed by atoms with van der Waals surface area (Å²) in [7, 11) is 0. The largest absolute Gasteiger partial charge is 0.474 e. The minimum absolute atomic E-state index is 0.283. The first-order valence-electron chi connectivity index (χ1n) is 8.73. The first kappa shape index (κ1) is 15.1. The SMILES string of the molecule is O=CC[C@H]1CCCc2sc3ncnc(OC4CCCCC4)c3c21. The number of hydrogen-bond acceptors (Lipinski definition) is 5. The lowest BCUT2D eigenvalue weighted by atomic mass is 9.84. The van der Waals surface area contributed by atoms with Gasteiger partial charge in [-0.25, -0.2) is 9.97 Å². The van der Waals surface area contributed by atoms with Crippen molar-refractivity contribution in [1.82, 2.24) is 9.97 Å². The Morgan fingerprint density at radius 1 is 1.17 bits per heavy atom. The van der Waals surface area contributed by atoms with E-state index in [1.807, 2.05) is 0 Å². The molecule has 0 unspecified atom stereocenters. The van der Waals surface area contributed by atoms with E-state index in [4.69, 9.17) is 4.74 Å². The van der Waals surface area contributed by atoms with Crippen LogP contribution in [0.25, 0.3) is 10.2 Å². The monoisotopic (exact) mass is 330 g/mol. The lowest BCUT2D eigenvalue weighted by Crippen LogP contribution is -2.20. The van der Waals surface area contributed by atoms with Gasteiger partial charge in [0.2, 0.25) is 5.88 Å². The number of aromatic nitrogens is 2. The fraction of sp³-hybridized carbons (Fsp3) is 0.611. The molecule has 0 amide bonds. The molecule has 1 fully saturated rings. The van der Waals surface area contributed by atoms with Crippen LogP contribution in [0.4, 0.5) is 0 Å². The molecular weight excluding hydrogens is 308 g/mol. The number of thiophene rings is 1. The second-order valence-corrected chi connectivity index (χ2v) is 7.75. The average Bonchev–Trinajstić information content (AvgIpc) is 2.96. The fourth-order valence-corrected chi connectivity index (χ4v) is 5.28. The molecule has 2 aromatic heterocycles. The molecule has 0 N–H and O–H groups in total. The maximum absolute atomic E-state index is 11.1. The van der Waals surface area contributed by atoms with Crippen molar-refractivity contribution in [2.75, 3.05) is 0 Å². The number of carbonyl (C=O) groups is 1. The smallest absolute Gasteiger partial charge is 0.225 e. The van der Waals surface area contributed by atoms with Crippen LogP contribution in [-0.4, -0.2) is 22.4 Å². The summed E-state index contributed by atoms with van der Waals surface area (Å²) in [4.78, 5) is 22.4. The molecule has 23 heavy (non-hydrogen) atoms. The zero-order valence-electron chi connectivity index (χ0n) is 13.3. The minimum Gasteiger partial charge on any atom is -0.474 e. The molecule has 0 aromatic carbocycles. The second kappa shape index (κ2) is 6.56. The summed E-state index contributed by atoms with van der Waals surface area (Å²) < 4.78 is 6.29. The summed E-state index contributed by atoms with van der Waals surface area (Å²) in [6.45, 7) is 0. The van der Waals surface area contributed by atoms with Gasteiger partial charge in [-0.3, -0.25) is 0 Å². The summed E-state index contributed by atoms with van der Waals surface area (Å²) >= 11 is 1.76. The highest BCUT2D eigenvalue weighted by Crippen LogP contribution is 2.45. The van der Waals surface area contributed by atoms with E-state index in [0.29, 0.717) is 12.3 Å². The van der Waals surface area contributed by atoms with Gasteiger partial charge < -0.3 is 9.53 Å². The maximum Gasteiger partial charge on any atom is 0.225 e. The normalized spacial score (nSPS) is 22.0. The number of aryl methyl sites for hydroxylation is 1. The molecule has 2 aromatic rings. The van der Waals surface area contributed by atoms with Gasteiger partial charge in [0.05, 0.1) is 5.39 Å². The molecule has 2 heterocycles. The standard InChI is InChI=1S/C18H22N2O2S/c21-10-9-12-5-4-8-14-15(12)16-17(19-11-20-18(16)23-14)22-13-6-2-1-3-7-13/h10-13H,1-9H2/t12-/m1/s1. The highest BCUT2D eigenvalue weighted by atomic mass is 32.1. The van der Waals surface area contributed by atoms with E-state index in [1.165, 1.54) is 29.7 Å². The molecule has 1 atom stereocenters. The van der Waals surface area contributed by atoms with Crippen molar-refractivity contribution in [2.24, 2.45) is 0 Å². The average molecular weight is 330 g/mol. The molecule has 4 rings (SSSR count). The van der Waals surface area contributed by atoms with Crippen molar-refractivity contribution in [3.63, 3.8) is 0 Å². The number of fused-ring (bicyclic) bond motifs is 3. The Labute approximate surface area is 140 Å². The maximum atomic E-state index is 11.1. The summed E-state index contributed by atoms with van der Waals surface area (Å²) in [5, 5.41) is 1.09. The van der Waals surface area contributed by atoms with Gasteiger partial charge in [-0.05, 0) is 56.4 Å². The van der Waals surface area contributed by atoms with Crippen molar-refractivity contribution in [3.05, 3.63) is 16.8 Å². The Balaban J connectivity index is 1.75. The fourth-order valence-electron chi connectivity index (χ4n) is 4.03. The van der Waals surface area contributed by atoms with Crippen LogP contribution in [0.2, 0.25) is 0 Å². The second-order valence-electron chi connectivity index (χ2n) is 6.67. The third-order valence-electron chi connectivity index (χ3n) is 5.14. The van der Waals surface area contributed by atoms with Crippen LogP contribution >= 0.6 is 11.3 Å². The van der Waals surface area contributed by atoms with E-state index in [9.17, 15) is 4.79 Å². The third-order valence-corrected chi connectivity index (χ3v) is 6.32. The van der Waals surface area contributed by atoms with Crippen LogP contribution in [0.15, 0.2) is 6.33 Å². The summed E-state index contributed by atoms with van der Waals surface area (Å²) in [5.74, 6) is 1.06. The topological polar surface area (TPSA) is 52.1 Å². The van der Waals surface area contributed by atoms with Crippen LogP contribution < -0.4 is 4.74 Å². The van der Waals surface area contributed by atoms with Crippen LogP contribution in [0.5, 0.6) is 5.88 Å². The molecule has 4 nitrogen and oxygen atoms in total. The molecule has 2 aliphatic rings. The Morgan fingerprint density at radius 3 is 2.87 bits per heavy atom.